The van der Waals surface area contributed by atoms with Crippen LogP contribution in [0.15, 0.2) is 66.6 Å². The number of hydrogen-bond acceptors (Lipinski definition) is 6. The molecule has 2 aromatic heterocycles. The summed E-state index contributed by atoms with van der Waals surface area (Å²) < 4.78 is 7.40. The van der Waals surface area contributed by atoms with Crippen LogP contribution in [-0.2, 0) is 6.54 Å². The number of anilines is 1. The first-order valence-electron chi connectivity index (χ1n) is 8.75. The number of benzene rings is 2. The highest BCUT2D eigenvalue weighted by molar-refractivity contribution is 7.13. The Morgan fingerprint density at radius 2 is 2.10 bits per heavy atom. The highest BCUT2D eigenvalue weighted by Gasteiger charge is 2.13. The molecule has 0 bridgehead atoms. The minimum atomic E-state index is -0.283. The molecular formula is C20H16ClN5O2S. The van der Waals surface area contributed by atoms with E-state index in [0.717, 1.165) is 10.6 Å². The summed E-state index contributed by atoms with van der Waals surface area (Å²) in [4.78, 5) is 20.9. The van der Waals surface area contributed by atoms with Gasteiger partial charge < -0.3 is 10.1 Å². The van der Waals surface area contributed by atoms with Gasteiger partial charge in [0, 0.05) is 27.7 Å². The van der Waals surface area contributed by atoms with Crippen LogP contribution < -0.4 is 10.1 Å². The van der Waals surface area contributed by atoms with Crippen molar-refractivity contribution in [3.05, 3.63) is 77.3 Å². The number of thiazole rings is 1. The van der Waals surface area contributed by atoms with Gasteiger partial charge in [0.25, 0.3) is 5.91 Å². The quantitative estimate of drug-likeness (QED) is 0.475. The van der Waals surface area contributed by atoms with Gasteiger partial charge in [-0.3, -0.25) is 4.79 Å². The van der Waals surface area contributed by atoms with Gasteiger partial charge in [-0.1, -0.05) is 29.8 Å². The third kappa shape index (κ3) is 4.98. The van der Waals surface area contributed by atoms with E-state index in [1.807, 2.05) is 30.3 Å². The summed E-state index contributed by atoms with van der Waals surface area (Å²) in [6.45, 7) is 1.03. The number of aromatic nitrogens is 4. The lowest BCUT2D eigenvalue weighted by atomic mass is 10.2. The van der Waals surface area contributed by atoms with Crippen LogP contribution in [0.2, 0.25) is 5.02 Å². The maximum Gasteiger partial charge on any atom is 0.275 e. The monoisotopic (exact) mass is 425 g/mol. The van der Waals surface area contributed by atoms with Gasteiger partial charge in [-0.15, -0.1) is 11.3 Å². The SMILES string of the molecule is O=C(Nc1cccc(OCCn2cncn2)c1)c1csc(-c2cccc(Cl)c2)n1. The molecule has 0 aliphatic rings. The molecule has 7 nitrogen and oxygen atoms in total. The second kappa shape index (κ2) is 8.85. The third-order valence-electron chi connectivity index (χ3n) is 3.96. The van der Waals surface area contributed by atoms with Crippen LogP contribution in [-0.4, -0.2) is 32.3 Å². The van der Waals surface area contributed by atoms with Crippen molar-refractivity contribution >= 4 is 34.5 Å². The largest absolute Gasteiger partial charge is 0.492 e. The van der Waals surface area contributed by atoms with E-state index < -0.39 is 0 Å². The molecule has 0 saturated heterocycles. The number of nitrogens with one attached hydrogen (secondary N) is 1. The molecule has 0 aliphatic heterocycles. The van der Waals surface area contributed by atoms with Crippen LogP contribution in [0.3, 0.4) is 0 Å². The van der Waals surface area contributed by atoms with E-state index in [2.05, 4.69) is 20.4 Å². The average Bonchev–Trinajstić information content (AvgIpc) is 3.41. The Morgan fingerprint density at radius 1 is 1.21 bits per heavy atom. The Kier molecular flexibility index (Phi) is 5.83. The van der Waals surface area contributed by atoms with Crippen molar-refractivity contribution in [3.8, 4) is 16.3 Å². The first kappa shape index (κ1) is 19.1. The summed E-state index contributed by atoms with van der Waals surface area (Å²) in [6.07, 6.45) is 3.11. The van der Waals surface area contributed by atoms with Crippen molar-refractivity contribution in [1.82, 2.24) is 19.7 Å². The summed E-state index contributed by atoms with van der Waals surface area (Å²) in [5.74, 6) is 0.370. The zero-order valence-corrected chi connectivity index (χ0v) is 16.7. The molecule has 0 saturated carbocycles. The lowest BCUT2D eigenvalue weighted by Crippen LogP contribution is -2.12. The number of hydrogen-bond donors (Lipinski definition) is 1. The molecule has 0 radical (unpaired) electrons. The van der Waals surface area contributed by atoms with E-state index >= 15 is 0 Å². The summed E-state index contributed by atoms with van der Waals surface area (Å²) in [7, 11) is 0. The van der Waals surface area contributed by atoms with Crippen LogP contribution in [0.4, 0.5) is 5.69 Å². The fraction of sp³-hybridized carbons (Fsp3) is 0.100. The zero-order valence-electron chi connectivity index (χ0n) is 15.2. The molecule has 4 aromatic rings. The summed E-state index contributed by atoms with van der Waals surface area (Å²) in [6, 6.07) is 14.6. The number of ether oxygens (including phenoxy) is 1. The minimum absolute atomic E-state index is 0.283. The van der Waals surface area contributed by atoms with Crippen molar-refractivity contribution < 1.29 is 9.53 Å². The number of carbonyl (C=O) groups excluding carboxylic acids is 1. The molecule has 0 spiro atoms. The van der Waals surface area contributed by atoms with Gasteiger partial charge in [0.05, 0.1) is 6.54 Å². The van der Waals surface area contributed by atoms with Crippen LogP contribution in [0, 0.1) is 0 Å². The van der Waals surface area contributed by atoms with Gasteiger partial charge in [-0.2, -0.15) is 5.10 Å². The molecule has 1 amide bonds. The van der Waals surface area contributed by atoms with Crippen molar-refractivity contribution in [2.24, 2.45) is 0 Å². The lowest BCUT2D eigenvalue weighted by molar-refractivity contribution is 0.102. The second-order valence-corrected chi connectivity index (χ2v) is 7.33. The first-order chi connectivity index (χ1) is 14.2. The number of halogens is 1. The molecule has 0 unspecified atom stereocenters. The highest BCUT2D eigenvalue weighted by atomic mass is 35.5. The summed E-state index contributed by atoms with van der Waals surface area (Å²) >= 11 is 7.42. The smallest absolute Gasteiger partial charge is 0.275 e. The molecule has 0 atom stereocenters. The standard InChI is InChI=1S/C20H16ClN5O2S/c21-15-4-1-3-14(9-15)20-25-18(11-29-20)19(27)24-16-5-2-6-17(10-16)28-8-7-26-13-22-12-23-26/h1-6,9-13H,7-8H2,(H,24,27). The maximum atomic E-state index is 12.6. The number of nitrogens with zero attached hydrogens (tertiary/aromatic N) is 4. The van der Waals surface area contributed by atoms with Crippen molar-refractivity contribution in [1.29, 1.82) is 0 Å². The molecule has 4 rings (SSSR count). The third-order valence-corrected chi connectivity index (χ3v) is 5.08. The molecule has 146 valence electrons. The van der Waals surface area contributed by atoms with Crippen LogP contribution in [0.25, 0.3) is 10.6 Å². The number of carbonyl (C=O) groups is 1. The van der Waals surface area contributed by atoms with E-state index in [-0.39, 0.29) is 5.91 Å². The predicted octanol–water partition coefficient (Wildman–Crippen LogP) is 4.39. The maximum absolute atomic E-state index is 12.6. The van der Waals surface area contributed by atoms with Gasteiger partial charge >= 0.3 is 0 Å². The van der Waals surface area contributed by atoms with Gasteiger partial charge in [0.2, 0.25) is 0 Å². The van der Waals surface area contributed by atoms with E-state index in [4.69, 9.17) is 16.3 Å². The number of rotatable bonds is 7. The molecule has 0 fully saturated rings. The molecular weight excluding hydrogens is 410 g/mol. The Hall–Kier alpha value is -3.23. The van der Waals surface area contributed by atoms with E-state index in [0.29, 0.717) is 35.3 Å². The summed E-state index contributed by atoms with van der Waals surface area (Å²) in [5.41, 5.74) is 1.86. The summed E-state index contributed by atoms with van der Waals surface area (Å²) in [5, 5.41) is 9.97. The van der Waals surface area contributed by atoms with Crippen molar-refractivity contribution in [3.63, 3.8) is 0 Å². The Morgan fingerprint density at radius 3 is 2.93 bits per heavy atom. The van der Waals surface area contributed by atoms with Crippen LogP contribution >= 0.6 is 22.9 Å². The first-order valence-corrected chi connectivity index (χ1v) is 10.0. The molecule has 2 heterocycles. The van der Waals surface area contributed by atoms with Crippen molar-refractivity contribution in [2.75, 3.05) is 11.9 Å². The fourth-order valence-corrected chi connectivity index (χ4v) is 3.58. The predicted molar refractivity (Wildman–Crippen MR) is 112 cm³/mol. The molecule has 1 N–H and O–H groups in total. The number of amides is 1. The molecule has 9 heteroatoms. The average molecular weight is 426 g/mol. The van der Waals surface area contributed by atoms with E-state index in [1.165, 1.54) is 17.7 Å². The lowest BCUT2D eigenvalue weighted by Gasteiger charge is -2.08. The van der Waals surface area contributed by atoms with Crippen LogP contribution in [0.5, 0.6) is 5.75 Å². The minimum Gasteiger partial charge on any atom is -0.492 e. The molecule has 2 aromatic carbocycles. The fourth-order valence-electron chi connectivity index (χ4n) is 2.60. The van der Waals surface area contributed by atoms with Gasteiger partial charge in [0.15, 0.2) is 0 Å². The van der Waals surface area contributed by atoms with E-state index in [1.54, 1.807) is 34.6 Å². The van der Waals surface area contributed by atoms with E-state index in [9.17, 15) is 4.79 Å². The van der Waals surface area contributed by atoms with Crippen molar-refractivity contribution in [2.45, 2.75) is 6.54 Å². The van der Waals surface area contributed by atoms with Gasteiger partial charge in [-0.25, -0.2) is 14.6 Å². The Bertz CT molecular complexity index is 1110. The Balaban J connectivity index is 1.38. The van der Waals surface area contributed by atoms with Gasteiger partial charge in [-0.05, 0) is 24.3 Å². The zero-order chi connectivity index (χ0) is 20.1. The molecule has 29 heavy (non-hydrogen) atoms. The van der Waals surface area contributed by atoms with Gasteiger partial charge in [0.1, 0.15) is 35.7 Å². The Labute approximate surface area is 176 Å². The normalized spacial score (nSPS) is 10.7. The molecule has 0 aliphatic carbocycles. The topological polar surface area (TPSA) is 81.9 Å². The highest BCUT2D eigenvalue weighted by Crippen LogP contribution is 2.26. The van der Waals surface area contributed by atoms with Crippen LogP contribution in [0.1, 0.15) is 10.5 Å². The second-order valence-electron chi connectivity index (χ2n) is 6.04.